The summed E-state index contributed by atoms with van der Waals surface area (Å²) in [5, 5.41) is 42.9. The van der Waals surface area contributed by atoms with E-state index in [1.54, 1.807) is 19.4 Å². The number of carbonyl (C=O) groups excluding carboxylic acids is 1. The van der Waals surface area contributed by atoms with Crippen molar-refractivity contribution in [1.82, 2.24) is 20.3 Å². The molecule has 242 valence electrons. The van der Waals surface area contributed by atoms with Crippen molar-refractivity contribution in [2.24, 2.45) is 0 Å². The number of methoxy groups -OCH3 is 1. The Hall–Kier alpha value is -5.31. The van der Waals surface area contributed by atoms with Gasteiger partial charge in [-0.25, -0.2) is 19.6 Å². The maximum Gasteiger partial charge on any atom is 0.336 e. The van der Waals surface area contributed by atoms with E-state index in [9.17, 15) is 19.2 Å². The van der Waals surface area contributed by atoms with Crippen molar-refractivity contribution in [2.45, 2.75) is 58.1 Å². The van der Waals surface area contributed by atoms with Crippen LogP contribution in [0.5, 0.6) is 5.75 Å². The van der Waals surface area contributed by atoms with Gasteiger partial charge in [0.05, 0.1) is 31.7 Å². The van der Waals surface area contributed by atoms with Crippen LogP contribution in [0.1, 0.15) is 56.7 Å². The predicted molar refractivity (Wildman–Crippen MR) is 164 cm³/mol. The van der Waals surface area contributed by atoms with E-state index >= 15 is 0 Å². The zero-order chi connectivity index (χ0) is 33.6. The van der Waals surface area contributed by atoms with Crippen LogP contribution >= 0.6 is 0 Å². The largest absolute Gasteiger partial charge is 0.495 e. The minimum absolute atomic E-state index is 0.105. The number of amides is 2. The highest BCUT2D eigenvalue weighted by atomic mass is 16.5. The third-order valence-electron chi connectivity index (χ3n) is 6.28. The zero-order valence-electron chi connectivity index (χ0n) is 25.4. The lowest BCUT2D eigenvalue weighted by molar-refractivity contribution is -0.170. The summed E-state index contributed by atoms with van der Waals surface area (Å²) in [7, 11) is 1.56. The van der Waals surface area contributed by atoms with Gasteiger partial charge in [0.1, 0.15) is 11.6 Å². The summed E-state index contributed by atoms with van der Waals surface area (Å²) < 4.78 is 5.47. The lowest BCUT2D eigenvalue weighted by atomic mass is 9.96. The van der Waals surface area contributed by atoms with Gasteiger partial charge in [-0.3, -0.25) is 14.6 Å². The Kier molecular flexibility index (Phi) is 13.6. The number of rotatable bonds is 14. The van der Waals surface area contributed by atoms with Crippen molar-refractivity contribution in [1.29, 1.82) is 0 Å². The van der Waals surface area contributed by atoms with Crippen molar-refractivity contribution in [2.75, 3.05) is 24.3 Å². The summed E-state index contributed by atoms with van der Waals surface area (Å²) in [5.41, 5.74) is 0.709. The van der Waals surface area contributed by atoms with Crippen LogP contribution in [0.15, 0.2) is 48.9 Å². The SMILES string of the molecule is CCC[C@H](Nc1nc(-c2ccc(NC(=O)NCC)c(OC)c2)ncc1C)c1cccnc1.O=C(O)CC(O)(CC(=O)O)C(=O)O. The maximum absolute atomic E-state index is 11.9. The first kappa shape index (κ1) is 35.9. The molecule has 0 spiro atoms. The van der Waals surface area contributed by atoms with Crippen molar-refractivity contribution >= 4 is 35.4 Å². The molecular formula is C30H38N6O9. The molecular weight excluding hydrogens is 588 g/mol. The average molecular weight is 627 g/mol. The molecule has 0 fully saturated rings. The smallest absolute Gasteiger partial charge is 0.336 e. The number of pyridine rings is 1. The Labute approximate surface area is 259 Å². The van der Waals surface area contributed by atoms with Crippen LogP contribution in [-0.2, 0) is 14.4 Å². The number of hydrogen-bond acceptors (Lipinski definition) is 10. The van der Waals surface area contributed by atoms with E-state index in [0.717, 1.165) is 35.3 Å². The van der Waals surface area contributed by atoms with E-state index in [0.29, 0.717) is 23.8 Å². The Morgan fingerprint density at radius 1 is 1.02 bits per heavy atom. The van der Waals surface area contributed by atoms with Crippen LogP contribution in [0.25, 0.3) is 11.4 Å². The normalized spacial score (nSPS) is 11.3. The highest BCUT2D eigenvalue weighted by molar-refractivity contribution is 5.91. The number of carbonyl (C=O) groups is 4. The molecule has 0 saturated carbocycles. The summed E-state index contributed by atoms with van der Waals surface area (Å²) >= 11 is 0. The van der Waals surface area contributed by atoms with E-state index in [-0.39, 0.29) is 12.1 Å². The van der Waals surface area contributed by atoms with E-state index in [4.69, 9.17) is 30.1 Å². The molecule has 15 nitrogen and oxygen atoms in total. The van der Waals surface area contributed by atoms with Gasteiger partial charge >= 0.3 is 23.9 Å². The summed E-state index contributed by atoms with van der Waals surface area (Å²) in [6.07, 6.45) is 5.17. The zero-order valence-corrected chi connectivity index (χ0v) is 25.4. The second-order valence-corrected chi connectivity index (χ2v) is 9.87. The number of nitrogens with one attached hydrogen (secondary N) is 3. The van der Waals surface area contributed by atoms with Crippen molar-refractivity contribution in [3.05, 3.63) is 60.0 Å². The molecule has 3 rings (SSSR count). The minimum Gasteiger partial charge on any atom is -0.495 e. The number of nitrogens with zero attached hydrogens (tertiary/aromatic N) is 3. The number of hydrogen-bond donors (Lipinski definition) is 7. The molecule has 0 aliphatic carbocycles. The summed E-state index contributed by atoms with van der Waals surface area (Å²) in [6, 6.07) is 9.31. The summed E-state index contributed by atoms with van der Waals surface area (Å²) in [6.45, 7) is 6.54. The third-order valence-corrected chi connectivity index (χ3v) is 6.28. The molecule has 2 amide bonds. The molecule has 0 aliphatic rings. The van der Waals surface area contributed by atoms with Crippen LogP contribution < -0.4 is 20.7 Å². The molecule has 0 radical (unpaired) electrons. The van der Waals surface area contributed by atoms with Crippen LogP contribution in [-0.4, -0.2) is 78.6 Å². The molecule has 3 aromatic rings. The highest BCUT2D eigenvalue weighted by Gasteiger charge is 2.40. The lowest BCUT2D eigenvalue weighted by Crippen LogP contribution is -2.42. The summed E-state index contributed by atoms with van der Waals surface area (Å²) in [4.78, 5) is 55.9. The molecule has 2 heterocycles. The highest BCUT2D eigenvalue weighted by Crippen LogP contribution is 2.31. The fraction of sp³-hybridized carbons (Fsp3) is 0.367. The number of aliphatic carboxylic acids is 3. The lowest BCUT2D eigenvalue weighted by Gasteiger charge is -2.20. The van der Waals surface area contributed by atoms with Gasteiger partial charge in [0, 0.05) is 36.3 Å². The number of carboxylic acid groups (broad SMARTS) is 3. The molecule has 0 aliphatic heterocycles. The fourth-order valence-corrected chi connectivity index (χ4v) is 4.06. The molecule has 45 heavy (non-hydrogen) atoms. The Morgan fingerprint density at radius 3 is 2.24 bits per heavy atom. The average Bonchev–Trinajstić information content (AvgIpc) is 2.98. The third kappa shape index (κ3) is 11.0. The molecule has 0 unspecified atom stereocenters. The van der Waals surface area contributed by atoms with Crippen LogP contribution in [0, 0.1) is 6.92 Å². The molecule has 15 heteroatoms. The van der Waals surface area contributed by atoms with E-state index in [1.807, 2.05) is 44.4 Å². The number of anilines is 2. The Balaban J connectivity index is 0.000000459. The quantitative estimate of drug-likeness (QED) is 0.135. The van der Waals surface area contributed by atoms with Gasteiger partial charge in [-0.1, -0.05) is 19.4 Å². The van der Waals surface area contributed by atoms with Crippen LogP contribution in [0.4, 0.5) is 16.3 Å². The van der Waals surface area contributed by atoms with Crippen molar-refractivity contribution in [3.8, 4) is 17.1 Å². The number of ether oxygens (including phenoxy) is 1. The van der Waals surface area contributed by atoms with Crippen molar-refractivity contribution in [3.63, 3.8) is 0 Å². The van der Waals surface area contributed by atoms with Gasteiger partial charge in [0.25, 0.3) is 0 Å². The second kappa shape index (κ2) is 17.1. The van der Waals surface area contributed by atoms with Crippen molar-refractivity contribution < 1.29 is 44.3 Å². The number of aliphatic hydroxyl groups is 1. The molecule has 0 saturated heterocycles. The molecule has 7 N–H and O–H groups in total. The maximum atomic E-state index is 11.9. The Bertz CT molecular complexity index is 1450. The number of urea groups is 1. The van der Waals surface area contributed by atoms with Gasteiger partial charge in [-0.2, -0.15) is 0 Å². The number of benzene rings is 1. The van der Waals surface area contributed by atoms with Crippen LogP contribution in [0.2, 0.25) is 0 Å². The monoisotopic (exact) mass is 626 g/mol. The first-order valence-corrected chi connectivity index (χ1v) is 14.0. The van der Waals surface area contributed by atoms with E-state index in [1.165, 1.54) is 0 Å². The molecule has 1 atom stereocenters. The minimum atomic E-state index is -2.74. The number of aromatic nitrogens is 3. The van der Waals surface area contributed by atoms with E-state index in [2.05, 4.69) is 38.9 Å². The van der Waals surface area contributed by atoms with Gasteiger partial charge in [0.15, 0.2) is 11.4 Å². The number of carboxylic acids is 3. The first-order chi connectivity index (χ1) is 21.3. The molecule has 0 bridgehead atoms. The first-order valence-electron chi connectivity index (χ1n) is 14.0. The summed E-state index contributed by atoms with van der Waals surface area (Å²) in [5.74, 6) is -3.13. The predicted octanol–water partition coefficient (Wildman–Crippen LogP) is 3.70. The van der Waals surface area contributed by atoms with Gasteiger partial charge in [-0.15, -0.1) is 0 Å². The standard InChI is InChI=1S/C24H30N6O2.C6H8O7/c1-5-8-19(18-9-7-12-25-15-18)28-22-16(3)14-27-23(30-22)17-10-11-20(21(13-17)32-4)29-24(31)26-6-2;7-3(8)1-6(13,5(11)12)2-4(9)10/h7,9-15,19H,5-6,8H2,1-4H3,(H2,26,29,31)(H,27,28,30);13H,1-2H2,(H,7,8)(H,9,10)(H,11,12)/t19-;/m0./s1. The van der Waals surface area contributed by atoms with Gasteiger partial charge in [-0.05, 0) is 50.1 Å². The fourth-order valence-electron chi connectivity index (χ4n) is 4.06. The Morgan fingerprint density at radius 2 is 1.71 bits per heavy atom. The van der Waals surface area contributed by atoms with Gasteiger partial charge in [0.2, 0.25) is 0 Å². The van der Waals surface area contributed by atoms with Crippen LogP contribution in [0.3, 0.4) is 0 Å². The second-order valence-electron chi connectivity index (χ2n) is 9.87. The topological polar surface area (TPSA) is 233 Å². The molecule has 1 aromatic carbocycles. The van der Waals surface area contributed by atoms with Gasteiger partial charge < -0.3 is 41.1 Å². The van der Waals surface area contributed by atoms with E-state index < -0.39 is 36.4 Å². The molecule has 2 aromatic heterocycles. The number of aryl methyl sites for hydroxylation is 1.